The summed E-state index contributed by atoms with van der Waals surface area (Å²) in [6.07, 6.45) is 13.9. The molecule has 5 aliphatic rings. The van der Waals surface area contributed by atoms with Crippen molar-refractivity contribution in [3.05, 3.63) is 22.9 Å². The number of hydrogen-bond donors (Lipinski definition) is 1. The van der Waals surface area contributed by atoms with Gasteiger partial charge in [0.15, 0.2) is 34.0 Å². The molecule has 0 spiro atoms. The third-order valence-electron chi connectivity index (χ3n) is 7.77. The molecule has 36 heavy (non-hydrogen) atoms. The number of nitrogen functional groups attached to an aromatic ring is 1. The first-order valence-corrected chi connectivity index (χ1v) is 14.7. The van der Waals surface area contributed by atoms with Gasteiger partial charge in [0.05, 0.1) is 6.33 Å². The lowest BCUT2D eigenvalue weighted by molar-refractivity contribution is 0.104. The molecule has 1 aliphatic carbocycles. The third kappa shape index (κ3) is 5.17. The number of aryl methyl sites for hydroxylation is 1. The summed E-state index contributed by atoms with van der Waals surface area (Å²) in [5.41, 5.74) is 6.88. The molecule has 4 aliphatic heterocycles. The van der Waals surface area contributed by atoms with E-state index in [0.717, 1.165) is 45.6 Å². The van der Waals surface area contributed by atoms with E-state index in [1.165, 1.54) is 76.2 Å². The smallest absolute Gasteiger partial charge is 0.231 e. The Bertz CT molecular complexity index is 1180. The number of ether oxygens (including phenoxy) is 2. The van der Waals surface area contributed by atoms with E-state index >= 15 is 0 Å². The fraction of sp³-hybridized carbons (Fsp3) is 0.577. The van der Waals surface area contributed by atoms with Crippen molar-refractivity contribution in [2.45, 2.75) is 80.4 Å². The Labute approximate surface area is 224 Å². The molecule has 0 bridgehead atoms. The van der Waals surface area contributed by atoms with Crippen LogP contribution in [0.5, 0.6) is 11.5 Å². The Morgan fingerprint density at radius 1 is 1.03 bits per heavy atom. The van der Waals surface area contributed by atoms with Crippen LogP contribution in [0.15, 0.2) is 33.0 Å². The molecule has 1 unspecified atom stereocenters. The third-order valence-corrected chi connectivity index (χ3v) is 9.61. The second kappa shape index (κ2) is 10.8. The molecule has 1 atom stereocenters. The molecule has 6 rings (SSSR count). The summed E-state index contributed by atoms with van der Waals surface area (Å²) >= 11 is 5.11. The van der Waals surface area contributed by atoms with E-state index in [1.54, 1.807) is 0 Å². The average molecular weight is 574 g/mol. The summed E-state index contributed by atoms with van der Waals surface area (Å²) in [5.74, 6) is 3.58. The number of halogens is 1. The zero-order valence-corrected chi connectivity index (χ0v) is 22.9. The predicted octanol–water partition coefficient (Wildman–Crippen LogP) is 5.83. The van der Waals surface area contributed by atoms with Crippen LogP contribution >= 0.6 is 27.7 Å². The molecular formula is C26H33BrN6O2S. The summed E-state index contributed by atoms with van der Waals surface area (Å²) in [7, 11) is 0. The Hall–Kier alpha value is -2.04. The second-order valence-corrected chi connectivity index (χ2v) is 12.0. The monoisotopic (exact) mass is 572 g/mol. The fourth-order valence-electron chi connectivity index (χ4n) is 5.84. The van der Waals surface area contributed by atoms with Gasteiger partial charge < -0.3 is 24.7 Å². The first kappa shape index (κ1) is 24.3. The number of anilines is 1. The highest BCUT2D eigenvalue weighted by Crippen LogP contribution is 2.43. The van der Waals surface area contributed by atoms with E-state index in [1.807, 2.05) is 18.5 Å². The van der Waals surface area contributed by atoms with E-state index in [2.05, 4.69) is 30.4 Å². The molecule has 8 nitrogen and oxygen atoms in total. The molecule has 4 heterocycles. The molecule has 0 amide bonds. The highest BCUT2D eigenvalue weighted by Gasteiger charge is 2.27. The van der Waals surface area contributed by atoms with Crippen LogP contribution in [-0.4, -0.2) is 50.3 Å². The topological polar surface area (TPSA) is 91.3 Å². The van der Waals surface area contributed by atoms with Crippen molar-refractivity contribution in [1.82, 2.24) is 24.4 Å². The first-order chi connectivity index (χ1) is 17.6. The lowest BCUT2D eigenvalue weighted by atomic mass is 9.87. The van der Waals surface area contributed by atoms with Gasteiger partial charge in [0.25, 0.3) is 0 Å². The molecule has 192 valence electrons. The number of rotatable bonds is 7. The highest BCUT2D eigenvalue weighted by atomic mass is 79.9. The second-order valence-electron chi connectivity index (χ2n) is 10.2. The van der Waals surface area contributed by atoms with Gasteiger partial charge in [0.1, 0.15) is 0 Å². The van der Waals surface area contributed by atoms with Crippen LogP contribution in [0, 0.1) is 5.92 Å². The van der Waals surface area contributed by atoms with Gasteiger partial charge in [-0.05, 0) is 84.4 Å². The Morgan fingerprint density at radius 3 is 2.69 bits per heavy atom. The number of piperidine rings is 1. The molecular weight excluding hydrogens is 540 g/mol. The summed E-state index contributed by atoms with van der Waals surface area (Å²) in [6.45, 7) is 3.62. The number of nitrogens with two attached hydrogens (primary N) is 1. The minimum Gasteiger partial charge on any atom is -0.454 e. The molecule has 2 fully saturated rings. The van der Waals surface area contributed by atoms with Crippen LogP contribution in [0.3, 0.4) is 0 Å². The molecule has 1 saturated carbocycles. The van der Waals surface area contributed by atoms with Gasteiger partial charge in [0, 0.05) is 28.5 Å². The van der Waals surface area contributed by atoms with E-state index in [9.17, 15) is 0 Å². The van der Waals surface area contributed by atoms with E-state index < -0.39 is 0 Å². The maximum Gasteiger partial charge on any atom is 0.231 e. The van der Waals surface area contributed by atoms with Crippen LogP contribution in [0.4, 0.5) is 5.82 Å². The Balaban J connectivity index is 1.17. The maximum atomic E-state index is 6.21. The fourth-order valence-corrected chi connectivity index (χ4v) is 7.19. The minimum atomic E-state index is 0.244. The normalized spacial score (nSPS) is 20.9. The van der Waals surface area contributed by atoms with Gasteiger partial charge >= 0.3 is 0 Å². The van der Waals surface area contributed by atoms with Gasteiger partial charge in [-0.1, -0.05) is 25.7 Å². The number of nitrogens with zero attached hydrogens (tertiary/aromatic N) is 5. The van der Waals surface area contributed by atoms with E-state index in [4.69, 9.17) is 25.2 Å². The Morgan fingerprint density at radius 2 is 1.83 bits per heavy atom. The van der Waals surface area contributed by atoms with Crippen molar-refractivity contribution in [3.8, 4) is 23.0 Å². The number of aromatic nitrogens is 4. The summed E-state index contributed by atoms with van der Waals surface area (Å²) in [4.78, 5) is 17.8. The van der Waals surface area contributed by atoms with E-state index in [0.29, 0.717) is 22.7 Å². The Kier molecular flexibility index (Phi) is 7.26. The molecule has 10 heteroatoms. The van der Waals surface area contributed by atoms with Crippen LogP contribution in [-0.2, 0) is 6.54 Å². The van der Waals surface area contributed by atoms with Crippen molar-refractivity contribution in [3.63, 3.8) is 0 Å². The first-order valence-electron chi connectivity index (χ1n) is 13.1. The van der Waals surface area contributed by atoms with Crippen molar-refractivity contribution in [1.29, 1.82) is 0 Å². The van der Waals surface area contributed by atoms with Crippen molar-refractivity contribution in [2.75, 3.05) is 25.6 Å². The van der Waals surface area contributed by atoms with Crippen LogP contribution < -0.4 is 15.2 Å². The van der Waals surface area contributed by atoms with Crippen LogP contribution in [0.1, 0.15) is 57.8 Å². The molecule has 1 aromatic carbocycles. The number of likely N-dealkylation sites (tertiary alicyclic amines) is 1. The molecule has 1 saturated heterocycles. The summed E-state index contributed by atoms with van der Waals surface area (Å²) in [5, 5.41) is 0.648. The number of fused-ring (bicyclic) bond motifs is 2. The quantitative estimate of drug-likeness (QED) is 0.378. The van der Waals surface area contributed by atoms with Crippen LogP contribution in [0.2, 0.25) is 0 Å². The lowest BCUT2D eigenvalue weighted by Crippen LogP contribution is -2.43. The van der Waals surface area contributed by atoms with Gasteiger partial charge in [-0.2, -0.15) is 0 Å². The van der Waals surface area contributed by atoms with Gasteiger partial charge in [-0.3, -0.25) is 0 Å². The van der Waals surface area contributed by atoms with Crippen molar-refractivity contribution in [2.24, 2.45) is 5.92 Å². The number of hydrogen-bond acceptors (Lipinski definition) is 8. The number of imidazole rings is 1. The van der Waals surface area contributed by atoms with E-state index in [-0.39, 0.29) is 6.79 Å². The summed E-state index contributed by atoms with van der Waals surface area (Å²) < 4.78 is 14.1. The number of benzene rings is 1. The highest BCUT2D eigenvalue weighted by molar-refractivity contribution is 9.10. The molecule has 0 aromatic heterocycles. The lowest BCUT2D eigenvalue weighted by Gasteiger charge is -2.39. The van der Waals surface area contributed by atoms with Gasteiger partial charge in [-0.25, -0.2) is 15.0 Å². The zero-order valence-electron chi connectivity index (χ0n) is 20.5. The minimum absolute atomic E-state index is 0.244. The predicted molar refractivity (Wildman–Crippen MR) is 144 cm³/mol. The molecule has 2 N–H and O–H groups in total. The van der Waals surface area contributed by atoms with Gasteiger partial charge in [0.2, 0.25) is 6.79 Å². The largest absolute Gasteiger partial charge is 0.454 e. The average Bonchev–Trinajstić information content (AvgIpc) is 3.53. The zero-order chi connectivity index (χ0) is 24.5. The maximum absolute atomic E-state index is 6.21. The van der Waals surface area contributed by atoms with Crippen molar-refractivity contribution >= 4 is 33.5 Å². The molecule has 1 aromatic rings. The molecule has 0 radical (unpaired) electrons. The van der Waals surface area contributed by atoms with Gasteiger partial charge in [-0.15, -0.1) is 0 Å². The summed E-state index contributed by atoms with van der Waals surface area (Å²) in [6, 6.07) is 4.51. The van der Waals surface area contributed by atoms with Crippen LogP contribution in [0.25, 0.3) is 11.5 Å². The standard InChI is InChI=1S/C26H33BrN6O2S/c27-19-12-20-21(35-16-34-20)13-22(19)36-26-30-23-24(28)29-15-33(25(23)31-26)11-9-18-8-4-5-10-32(18)14-17-6-2-1-3-7-17/h12-13,15,17-18H,1-11,14,16,28H2. The van der Waals surface area contributed by atoms with Crippen molar-refractivity contribution < 1.29 is 9.47 Å². The SMILES string of the molecule is Nc1ncn(CCC2CCCCN2CC2CCCCC2)c2nc(Sc3cc4c(cc3Br)OCO4)nc1-2.